The Kier molecular flexibility index (Phi) is 6.89. The molecule has 0 radical (unpaired) electrons. The zero-order chi connectivity index (χ0) is 21.8. The molecular formula is C26H30ClN3O. The van der Waals surface area contributed by atoms with Crippen LogP contribution in [0.5, 0.6) is 0 Å². The Hall–Kier alpha value is -2.43. The quantitative estimate of drug-likeness (QED) is 0.426. The molecule has 1 fully saturated rings. The third-order valence-corrected chi connectivity index (χ3v) is 6.62. The van der Waals surface area contributed by atoms with E-state index in [1.165, 1.54) is 31.2 Å². The first-order valence-electron chi connectivity index (χ1n) is 11.0. The number of aryl methyl sites for hydroxylation is 1. The minimum Gasteiger partial charge on any atom is -0.334 e. The molecule has 0 aliphatic heterocycles. The number of hydrogen-bond donors (Lipinski definition) is 0. The Morgan fingerprint density at radius 2 is 1.74 bits per heavy atom. The minimum absolute atomic E-state index is 0.426. The highest BCUT2D eigenvalue weighted by Crippen LogP contribution is 2.40. The summed E-state index contributed by atoms with van der Waals surface area (Å²) >= 11 is 6.09. The molecule has 1 heterocycles. The third-order valence-electron chi connectivity index (χ3n) is 6.37. The molecule has 31 heavy (non-hydrogen) atoms. The van der Waals surface area contributed by atoms with Gasteiger partial charge >= 0.3 is 0 Å². The maximum absolute atomic E-state index is 6.09. The molecule has 2 aromatic carbocycles. The summed E-state index contributed by atoms with van der Waals surface area (Å²) in [6, 6.07) is 16.9. The van der Waals surface area contributed by atoms with Crippen molar-refractivity contribution in [1.82, 2.24) is 15.0 Å². The van der Waals surface area contributed by atoms with E-state index in [1.807, 2.05) is 36.4 Å². The second-order valence-corrected chi connectivity index (χ2v) is 9.20. The van der Waals surface area contributed by atoms with Crippen LogP contribution in [0, 0.1) is 18.8 Å². The molecule has 1 saturated carbocycles. The van der Waals surface area contributed by atoms with Crippen LogP contribution in [0.15, 0.2) is 59.1 Å². The smallest absolute Gasteiger partial charge is 0.250 e. The van der Waals surface area contributed by atoms with Gasteiger partial charge in [0.25, 0.3) is 5.89 Å². The highest BCUT2D eigenvalue weighted by Gasteiger charge is 2.29. The van der Waals surface area contributed by atoms with Crippen LogP contribution < -0.4 is 0 Å². The van der Waals surface area contributed by atoms with E-state index in [0.717, 1.165) is 16.1 Å². The van der Waals surface area contributed by atoms with Gasteiger partial charge in [-0.15, -0.1) is 0 Å². The van der Waals surface area contributed by atoms with E-state index < -0.39 is 0 Å². The lowest BCUT2D eigenvalue weighted by Gasteiger charge is -2.37. The van der Waals surface area contributed by atoms with Crippen molar-refractivity contribution >= 4 is 17.7 Å². The number of allylic oxidation sites excluding steroid dienone is 1. The van der Waals surface area contributed by atoms with Gasteiger partial charge in [-0.25, -0.2) is 0 Å². The van der Waals surface area contributed by atoms with Gasteiger partial charge in [-0.3, -0.25) is 0 Å². The van der Waals surface area contributed by atoms with E-state index in [0.29, 0.717) is 29.6 Å². The molecule has 1 atom stereocenters. The molecule has 0 amide bonds. The molecule has 3 aromatic rings. The summed E-state index contributed by atoms with van der Waals surface area (Å²) in [6.07, 6.45) is 9.01. The summed E-state index contributed by atoms with van der Waals surface area (Å²) in [7, 11) is 4.35. The number of aromatic nitrogens is 2. The van der Waals surface area contributed by atoms with Gasteiger partial charge in [0.05, 0.1) is 0 Å². The maximum Gasteiger partial charge on any atom is 0.250 e. The highest BCUT2D eigenvalue weighted by molar-refractivity contribution is 6.30. The normalized spacial score (nSPS) is 20.4. The van der Waals surface area contributed by atoms with Crippen LogP contribution in [0.2, 0.25) is 5.02 Å². The first-order chi connectivity index (χ1) is 15.0. The summed E-state index contributed by atoms with van der Waals surface area (Å²) in [6.45, 7) is 2.06. The molecule has 4 nitrogen and oxygen atoms in total. The van der Waals surface area contributed by atoms with E-state index in [-0.39, 0.29) is 0 Å². The van der Waals surface area contributed by atoms with Crippen LogP contribution in [0.25, 0.3) is 17.5 Å². The maximum atomic E-state index is 6.09. The number of rotatable bonds is 6. The summed E-state index contributed by atoms with van der Waals surface area (Å²) in [5.41, 5.74) is 3.51. The monoisotopic (exact) mass is 435 g/mol. The van der Waals surface area contributed by atoms with E-state index in [1.54, 1.807) is 0 Å². The Labute approximate surface area is 189 Å². The standard InChI is InChI=1S/C26H30ClN3O/c1-18-6-4-5-7-23(18)26-28-24(31-29-26)17-10-19-8-11-20(12-9-19)25(30(2)3)21-13-15-22(27)16-14-21/h4-7,10,13-17,19-20,25H,8-9,11-12H2,1-3H3/b17-10+. The van der Waals surface area contributed by atoms with Crippen LogP contribution in [0.3, 0.4) is 0 Å². The fraction of sp³-hybridized carbons (Fsp3) is 0.385. The second-order valence-electron chi connectivity index (χ2n) is 8.77. The number of hydrogen-bond acceptors (Lipinski definition) is 4. The summed E-state index contributed by atoms with van der Waals surface area (Å²) in [5.74, 6) is 2.43. The summed E-state index contributed by atoms with van der Waals surface area (Å²) in [4.78, 5) is 6.90. The van der Waals surface area contributed by atoms with E-state index in [2.05, 4.69) is 60.3 Å². The molecule has 1 aliphatic carbocycles. The van der Waals surface area contributed by atoms with Crippen LogP contribution in [0.1, 0.15) is 48.7 Å². The van der Waals surface area contributed by atoms with Gasteiger partial charge in [0.1, 0.15) is 0 Å². The van der Waals surface area contributed by atoms with E-state index in [9.17, 15) is 0 Å². The van der Waals surface area contributed by atoms with Crippen molar-refractivity contribution in [3.05, 3.63) is 76.6 Å². The first kappa shape index (κ1) is 21.8. The second kappa shape index (κ2) is 9.80. The van der Waals surface area contributed by atoms with Crippen molar-refractivity contribution in [1.29, 1.82) is 0 Å². The molecule has 0 spiro atoms. The highest BCUT2D eigenvalue weighted by atomic mass is 35.5. The molecule has 0 bridgehead atoms. The molecule has 1 aliphatic rings. The molecule has 4 rings (SSSR count). The largest absolute Gasteiger partial charge is 0.334 e. The van der Waals surface area contributed by atoms with Crippen molar-refractivity contribution in [2.45, 2.75) is 38.6 Å². The van der Waals surface area contributed by atoms with Gasteiger partial charge in [-0.05, 0) is 87.9 Å². The van der Waals surface area contributed by atoms with Crippen LogP contribution in [-0.4, -0.2) is 29.1 Å². The Morgan fingerprint density at radius 3 is 2.42 bits per heavy atom. The van der Waals surface area contributed by atoms with Crippen LogP contribution in [0.4, 0.5) is 0 Å². The van der Waals surface area contributed by atoms with Crippen LogP contribution >= 0.6 is 11.6 Å². The number of benzene rings is 2. The Morgan fingerprint density at radius 1 is 1.03 bits per heavy atom. The van der Waals surface area contributed by atoms with Crippen molar-refractivity contribution in [3.8, 4) is 11.4 Å². The predicted molar refractivity (Wildman–Crippen MR) is 127 cm³/mol. The molecule has 1 unspecified atom stereocenters. The van der Waals surface area contributed by atoms with Crippen molar-refractivity contribution < 1.29 is 4.52 Å². The SMILES string of the molecule is Cc1ccccc1-c1noc(/C=C/C2CCC(C(c3ccc(Cl)cc3)N(C)C)CC2)n1. The van der Waals surface area contributed by atoms with Gasteiger partial charge in [0.15, 0.2) is 0 Å². The summed E-state index contributed by atoms with van der Waals surface area (Å²) in [5, 5.41) is 4.95. The molecular weight excluding hydrogens is 406 g/mol. The van der Waals surface area contributed by atoms with E-state index >= 15 is 0 Å². The van der Waals surface area contributed by atoms with Gasteiger partial charge in [0, 0.05) is 16.6 Å². The first-order valence-corrected chi connectivity index (χ1v) is 11.4. The Balaban J connectivity index is 1.37. The van der Waals surface area contributed by atoms with Crippen molar-refractivity contribution in [2.75, 3.05) is 14.1 Å². The van der Waals surface area contributed by atoms with E-state index in [4.69, 9.17) is 16.1 Å². The molecule has 162 valence electrons. The molecule has 0 saturated heterocycles. The summed E-state index contributed by atoms with van der Waals surface area (Å²) < 4.78 is 5.46. The lowest BCUT2D eigenvalue weighted by molar-refractivity contribution is 0.159. The average Bonchev–Trinajstić information content (AvgIpc) is 3.24. The van der Waals surface area contributed by atoms with Gasteiger partial charge < -0.3 is 9.42 Å². The van der Waals surface area contributed by atoms with Gasteiger partial charge in [-0.1, -0.05) is 59.2 Å². The zero-order valence-corrected chi connectivity index (χ0v) is 19.2. The van der Waals surface area contributed by atoms with Gasteiger partial charge in [-0.2, -0.15) is 4.98 Å². The minimum atomic E-state index is 0.426. The third kappa shape index (κ3) is 5.25. The topological polar surface area (TPSA) is 42.2 Å². The predicted octanol–water partition coefficient (Wildman–Crippen LogP) is 6.82. The Bertz CT molecular complexity index is 1020. The van der Waals surface area contributed by atoms with Crippen molar-refractivity contribution in [3.63, 3.8) is 0 Å². The average molecular weight is 436 g/mol. The molecule has 1 aromatic heterocycles. The fourth-order valence-corrected chi connectivity index (χ4v) is 4.89. The van der Waals surface area contributed by atoms with Crippen LogP contribution in [-0.2, 0) is 0 Å². The lowest BCUT2D eigenvalue weighted by atomic mass is 9.76. The van der Waals surface area contributed by atoms with Gasteiger partial charge in [0.2, 0.25) is 5.82 Å². The lowest BCUT2D eigenvalue weighted by Crippen LogP contribution is -2.30. The number of nitrogens with zero attached hydrogens (tertiary/aromatic N) is 3. The molecule has 0 N–H and O–H groups in total. The number of halogens is 1. The van der Waals surface area contributed by atoms with Crippen molar-refractivity contribution in [2.24, 2.45) is 11.8 Å². The zero-order valence-electron chi connectivity index (χ0n) is 18.5. The molecule has 5 heteroatoms. The fourth-order valence-electron chi connectivity index (χ4n) is 4.76.